The number of hydrogen-bond acceptors (Lipinski definition) is 0. The van der Waals surface area contributed by atoms with Crippen molar-refractivity contribution < 1.29 is 13.2 Å². The smallest absolute Gasteiger partial charge is 0.224 e. The van der Waals surface area contributed by atoms with Crippen LogP contribution in [0.15, 0.2) is 0 Å². The molecule has 0 aromatic rings. The third-order valence-electron chi connectivity index (χ3n) is 0.497. The molecule has 0 bridgehead atoms. The summed E-state index contributed by atoms with van der Waals surface area (Å²) in [6.45, 7) is 0. The van der Waals surface area contributed by atoms with Gasteiger partial charge in [0.05, 0.1) is 5.33 Å². The zero-order chi connectivity index (χ0) is 6.78. The zero-order valence-corrected chi connectivity index (χ0v) is 6.85. The first-order valence-electron chi connectivity index (χ1n) is 1.72. The van der Waals surface area contributed by atoms with Crippen molar-refractivity contribution in [3.8, 4) is 0 Å². The molecule has 0 heterocycles. The highest BCUT2D eigenvalue weighted by atomic mass is 79.9. The van der Waals surface area contributed by atoms with Crippen LogP contribution in [-0.4, -0.2) is 16.3 Å². The molecule has 50 valence electrons. The molecule has 0 radical (unpaired) electrons. The molecule has 0 saturated carbocycles. The van der Waals surface area contributed by atoms with Crippen molar-refractivity contribution in [3.05, 3.63) is 0 Å². The van der Waals surface area contributed by atoms with Gasteiger partial charge in [0.1, 0.15) is 0 Å². The Bertz CT molecular complexity index is 72.9. The third-order valence-corrected chi connectivity index (χ3v) is 2.69. The first kappa shape index (κ1) is 8.75. The Labute approximate surface area is 61.7 Å². The quantitative estimate of drug-likeness (QED) is 0.666. The van der Waals surface area contributed by atoms with Crippen molar-refractivity contribution in [2.24, 2.45) is 0 Å². The third kappa shape index (κ3) is 2.35. The van der Waals surface area contributed by atoms with Gasteiger partial charge in [0.15, 0.2) is 0 Å². The summed E-state index contributed by atoms with van der Waals surface area (Å²) in [6, 6.07) is 0. The van der Waals surface area contributed by atoms with E-state index in [0.717, 1.165) is 0 Å². The summed E-state index contributed by atoms with van der Waals surface area (Å²) in [7, 11) is 0. The normalized spacial score (nSPS) is 18.8. The molecule has 0 aliphatic carbocycles. The van der Waals surface area contributed by atoms with E-state index in [-0.39, 0.29) is 0 Å². The van der Waals surface area contributed by atoms with Crippen LogP contribution in [0.1, 0.15) is 0 Å². The van der Waals surface area contributed by atoms with Gasteiger partial charge in [-0.15, -0.1) is 0 Å². The van der Waals surface area contributed by atoms with Crippen LogP contribution in [0, 0.1) is 0 Å². The second-order valence-corrected chi connectivity index (χ2v) is 3.07. The van der Waals surface area contributed by atoms with E-state index in [4.69, 9.17) is 0 Å². The Balaban J connectivity index is 3.71. The van der Waals surface area contributed by atoms with E-state index in [1.54, 1.807) is 0 Å². The monoisotopic (exact) mass is 254 g/mol. The van der Waals surface area contributed by atoms with Crippen LogP contribution in [0.4, 0.5) is 13.2 Å². The van der Waals surface area contributed by atoms with E-state index in [0.29, 0.717) is 0 Å². The Morgan fingerprint density at radius 3 is 1.88 bits per heavy atom. The molecule has 0 unspecified atom stereocenters. The minimum Gasteiger partial charge on any atom is -0.224 e. The van der Waals surface area contributed by atoms with Gasteiger partial charge in [-0.1, -0.05) is 15.9 Å². The van der Waals surface area contributed by atoms with Gasteiger partial charge in [0, 0.05) is 0 Å². The Kier molecular flexibility index (Phi) is 3.34. The zero-order valence-electron chi connectivity index (χ0n) is 3.67. The summed E-state index contributed by atoms with van der Waals surface area (Å²) < 4.78 is 32.2. The van der Waals surface area contributed by atoms with Gasteiger partial charge < -0.3 is 0 Å². The minimum absolute atomic E-state index is 0.405. The second kappa shape index (κ2) is 3.06. The van der Waals surface area contributed by atoms with Gasteiger partial charge in [-0.25, -0.2) is 13.2 Å². The Morgan fingerprint density at radius 2 is 1.88 bits per heavy atom. The SMILES string of the molecule is FC(F)[C@@](F)(Br)CBr. The van der Waals surface area contributed by atoms with Crippen LogP contribution < -0.4 is 0 Å². The number of halogens is 5. The molecule has 0 saturated heterocycles. The molecule has 0 amide bonds. The molecule has 0 aromatic heterocycles. The number of rotatable bonds is 2. The van der Waals surface area contributed by atoms with E-state index in [1.165, 1.54) is 0 Å². The predicted octanol–water partition coefficient (Wildman–Crippen LogP) is 2.71. The maximum absolute atomic E-state index is 12.1. The standard InChI is InChI=1S/C3H3Br2F3/c4-1-3(5,8)2(6)7/h2H,1H2/t3-/m1/s1. The van der Waals surface area contributed by atoms with Gasteiger partial charge in [0.2, 0.25) is 4.58 Å². The van der Waals surface area contributed by atoms with Crippen molar-refractivity contribution in [2.45, 2.75) is 11.0 Å². The fraction of sp³-hybridized carbons (Fsp3) is 1.00. The van der Waals surface area contributed by atoms with Crippen LogP contribution in [0.3, 0.4) is 0 Å². The van der Waals surface area contributed by atoms with E-state index in [9.17, 15) is 13.2 Å². The lowest BCUT2D eigenvalue weighted by Gasteiger charge is -2.11. The number of alkyl halides is 5. The van der Waals surface area contributed by atoms with Gasteiger partial charge >= 0.3 is 0 Å². The van der Waals surface area contributed by atoms with Crippen molar-refractivity contribution >= 4 is 31.9 Å². The molecule has 0 nitrogen and oxygen atoms in total. The molecule has 8 heavy (non-hydrogen) atoms. The molecule has 0 fully saturated rings. The van der Waals surface area contributed by atoms with Gasteiger partial charge in [-0.3, -0.25) is 0 Å². The van der Waals surface area contributed by atoms with Crippen molar-refractivity contribution in [3.63, 3.8) is 0 Å². The maximum Gasteiger partial charge on any atom is 0.282 e. The summed E-state index contributed by atoms with van der Waals surface area (Å²) in [5, 5.41) is -0.405. The molecule has 0 rings (SSSR count). The van der Waals surface area contributed by atoms with Crippen molar-refractivity contribution in [1.29, 1.82) is 0 Å². The van der Waals surface area contributed by atoms with E-state index in [1.807, 2.05) is 0 Å². The lowest BCUT2D eigenvalue weighted by Crippen LogP contribution is -2.25. The Morgan fingerprint density at radius 1 is 1.50 bits per heavy atom. The lowest BCUT2D eigenvalue weighted by molar-refractivity contribution is 0.0465. The largest absolute Gasteiger partial charge is 0.282 e. The van der Waals surface area contributed by atoms with Crippen LogP contribution in [0.5, 0.6) is 0 Å². The predicted molar refractivity (Wildman–Crippen MR) is 32.6 cm³/mol. The summed E-state index contributed by atoms with van der Waals surface area (Å²) in [5.74, 6) is 0. The first-order valence-corrected chi connectivity index (χ1v) is 3.64. The Hall–Kier alpha value is 0.750. The van der Waals surface area contributed by atoms with E-state index < -0.39 is 16.3 Å². The molecular weight excluding hydrogens is 253 g/mol. The molecule has 0 aromatic carbocycles. The van der Waals surface area contributed by atoms with E-state index in [2.05, 4.69) is 31.9 Å². The molecule has 0 N–H and O–H groups in total. The minimum atomic E-state index is -2.98. The molecule has 0 aliphatic rings. The fourth-order valence-corrected chi connectivity index (χ4v) is 0.303. The average Bonchev–Trinajstić information content (AvgIpc) is 1.67. The summed E-state index contributed by atoms with van der Waals surface area (Å²) >= 11 is 4.75. The lowest BCUT2D eigenvalue weighted by atomic mass is 10.5. The first-order chi connectivity index (χ1) is 3.50. The number of hydrogen-bond donors (Lipinski definition) is 0. The summed E-state index contributed by atoms with van der Waals surface area (Å²) in [5.41, 5.74) is 0. The van der Waals surface area contributed by atoms with Crippen LogP contribution in [0.2, 0.25) is 0 Å². The van der Waals surface area contributed by atoms with Crippen molar-refractivity contribution in [1.82, 2.24) is 0 Å². The average molecular weight is 256 g/mol. The maximum atomic E-state index is 12.1. The molecule has 5 heteroatoms. The topological polar surface area (TPSA) is 0 Å². The van der Waals surface area contributed by atoms with Gasteiger partial charge in [-0.05, 0) is 15.9 Å². The molecule has 0 spiro atoms. The van der Waals surface area contributed by atoms with Crippen LogP contribution >= 0.6 is 31.9 Å². The van der Waals surface area contributed by atoms with Gasteiger partial charge in [-0.2, -0.15) is 0 Å². The van der Waals surface area contributed by atoms with Gasteiger partial charge in [0.25, 0.3) is 6.43 Å². The summed E-state index contributed by atoms with van der Waals surface area (Å²) in [4.78, 5) is 0. The molecule has 1 atom stereocenters. The fourth-order valence-electron chi connectivity index (χ4n) is 0.0583. The van der Waals surface area contributed by atoms with Crippen LogP contribution in [-0.2, 0) is 0 Å². The second-order valence-electron chi connectivity index (χ2n) is 1.20. The highest BCUT2D eigenvalue weighted by Gasteiger charge is 2.35. The molecule has 0 aliphatic heterocycles. The summed E-state index contributed by atoms with van der Waals surface area (Å²) in [6.07, 6.45) is -2.98. The van der Waals surface area contributed by atoms with Crippen molar-refractivity contribution in [2.75, 3.05) is 5.33 Å². The van der Waals surface area contributed by atoms with E-state index >= 15 is 0 Å². The highest BCUT2D eigenvalue weighted by molar-refractivity contribution is 9.12. The highest BCUT2D eigenvalue weighted by Crippen LogP contribution is 2.29. The van der Waals surface area contributed by atoms with Crippen LogP contribution in [0.25, 0.3) is 0 Å². The molecular formula is C3H3Br2F3.